The minimum Gasteiger partial charge on any atom is -0.380 e. The molecule has 1 aromatic carbocycles. The molecule has 0 amide bonds. The molecule has 0 aliphatic carbocycles. The van der Waals surface area contributed by atoms with Gasteiger partial charge in [0.25, 0.3) is 0 Å². The first kappa shape index (κ1) is 20.0. The van der Waals surface area contributed by atoms with Crippen LogP contribution in [-0.2, 0) is 0 Å². The van der Waals surface area contributed by atoms with E-state index in [0.717, 1.165) is 18.2 Å². The largest absolute Gasteiger partial charge is 0.380 e. The molecule has 0 aliphatic rings. The van der Waals surface area contributed by atoms with Crippen LogP contribution in [0.3, 0.4) is 0 Å². The smallest absolute Gasteiger partial charge is 0.195 e. The van der Waals surface area contributed by atoms with E-state index in [1.807, 2.05) is 56.2 Å². The Balaban J connectivity index is 0.00000400. The second-order valence-corrected chi connectivity index (χ2v) is 5.79. The van der Waals surface area contributed by atoms with Gasteiger partial charge in [-0.3, -0.25) is 4.99 Å². The molecule has 0 bridgehead atoms. The van der Waals surface area contributed by atoms with E-state index < -0.39 is 0 Å². The fraction of sp³-hybridized carbons (Fsp3) is 0.562. The Hall–Kier alpha value is -0.980. The third kappa shape index (κ3) is 7.02. The van der Waals surface area contributed by atoms with E-state index >= 15 is 0 Å². The van der Waals surface area contributed by atoms with Crippen molar-refractivity contribution < 1.29 is 0 Å². The number of guanidine groups is 1. The molecule has 0 heterocycles. The van der Waals surface area contributed by atoms with Gasteiger partial charge in [0.2, 0.25) is 0 Å². The summed E-state index contributed by atoms with van der Waals surface area (Å²) in [6.07, 6.45) is 0. The molecule has 21 heavy (non-hydrogen) atoms. The summed E-state index contributed by atoms with van der Waals surface area (Å²) in [7, 11) is 8.09. The highest BCUT2D eigenvalue weighted by molar-refractivity contribution is 14.0. The number of benzene rings is 1. The van der Waals surface area contributed by atoms with Crippen LogP contribution in [-0.4, -0.2) is 56.5 Å². The van der Waals surface area contributed by atoms with Crippen molar-refractivity contribution in [1.29, 1.82) is 0 Å². The molecule has 1 N–H and O–H groups in total. The van der Waals surface area contributed by atoms with Crippen LogP contribution in [0.4, 0.5) is 5.69 Å². The summed E-state index contributed by atoms with van der Waals surface area (Å²) in [6.45, 7) is 5.21. The van der Waals surface area contributed by atoms with Crippen LogP contribution in [0.5, 0.6) is 0 Å². The van der Waals surface area contributed by atoms with Gasteiger partial charge in [0.05, 0.1) is 6.54 Å². The van der Waals surface area contributed by atoms with Crippen LogP contribution in [0.2, 0.25) is 0 Å². The van der Waals surface area contributed by atoms with E-state index in [1.165, 1.54) is 0 Å². The minimum atomic E-state index is 0. The van der Waals surface area contributed by atoms with E-state index in [1.54, 1.807) is 0 Å². The van der Waals surface area contributed by atoms with Crippen molar-refractivity contribution in [1.82, 2.24) is 9.80 Å². The third-order valence-corrected chi connectivity index (χ3v) is 3.16. The maximum Gasteiger partial charge on any atom is 0.195 e. The van der Waals surface area contributed by atoms with Crippen LogP contribution in [0.1, 0.15) is 13.8 Å². The van der Waals surface area contributed by atoms with Crippen molar-refractivity contribution in [2.24, 2.45) is 10.9 Å². The van der Waals surface area contributed by atoms with Crippen molar-refractivity contribution in [3.8, 4) is 0 Å². The standard InChI is InChI=1S/C16H28N4.HI/c1-13(2)15(18-14-10-8-7-9-11-14)12-17-16(19(3)4)20(5)6;/h7-11,13,15,18H,12H2,1-6H3;1H. The monoisotopic (exact) mass is 404 g/mol. The van der Waals surface area contributed by atoms with E-state index in [4.69, 9.17) is 4.99 Å². The number of rotatable bonds is 5. The van der Waals surface area contributed by atoms with E-state index in [9.17, 15) is 0 Å². The van der Waals surface area contributed by atoms with Crippen LogP contribution < -0.4 is 5.32 Å². The minimum absolute atomic E-state index is 0. The number of hydrogen-bond acceptors (Lipinski definition) is 2. The lowest BCUT2D eigenvalue weighted by molar-refractivity contribution is 0.469. The Morgan fingerprint density at radius 1 is 1.05 bits per heavy atom. The Labute approximate surface area is 146 Å². The lowest BCUT2D eigenvalue weighted by Crippen LogP contribution is -2.37. The number of halogens is 1. The normalized spacial score (nSPS) is 11.4. The van der Waals surface area contributed by atoms with Crippen LogP contribution in [0.15, 0.2) is 35.3 Å². The maximum atomic E-state index is 4.75. The first-order chi connectivity index (χ1) is 9.41. The SMILES string of the molecule is CC(C)C(CN=C(N(C)C)N(C)C)Nc1ccccc1.I. The molecule has 5 heteroatoms. The van der Waals surface area contributed by atoms with Gasteiger partial charge >= 0.3 is 0 Å². The number of nitrogens with one attached hydrogen (secondary N) is 1. The van der Waals surface area contributed by atoms with E-state index in [2.05, 4.69) is 31.3 Å². The topological polar surface area (TPSA) is 30.9 Å². The number of para-hydroxylation sites is 1. The molecule has 1 unspecified atom stereocenters. The molecule has 120 valence electrons. The lowest BCUT2D eigenvalue weighted by Gasteiger charge is -2.26. The van der Waals surface area contributed by atoms with Gasteiger partial charge in [-0.05, 0) is 18.1 Å². The molecule has 0 radical (unpaired) electrons. The summed E-state index contributed by atoms with van der Waals surface area (Å²) in [5, 5.41) is 3.57. The van der Waals surface area contributed by atoms with Gasteiger partial charge in [-0.2, -0.15) is 0 Å². The lowest BCUT2D eigenvalue weighted by atomic mass is 10.0. The molecule has 0 saturated carbocycles. The molecule has 0 fully saturated rings. The van der Waals surface area contributed by atoms with Crippen molar-refractivity contribution in [3.63, 3.8) is 0 Å². The zero-order valence-corrected chi connectivity index (χ0v) is 16.3. The number of nitrogens with zero attached hydrogens (tertiary/aromatic N) is 3. The maximum absolute atomic E-state index is 4.75. The van der Waals surface area contributed by atoms with Crippen LogP contribution in [0, 0.1) is 5.92 Å². The van der Waals surface area contributed by atoms with Gasteiger partial charge in [-0.15, -0.1) is 24.0 Å². The fourth-order valence-corrected chi connectivity index (χ4v) is 2.03. The fourth-order valence-electron chi connectivity index (χ4n) is 2.03. The Morgan fingerprint density at radius 2 is 1.57 bits per heavy atom. The predicted molar refractivity (Wildman–Crippen MR) is 104 cm³/mol. The van der Waals surface area contributed by atoms with Crippen molar-refractivity contribution in [3.05, 3.63) is 30.3 Å². The number of hydrogen-bond donors (Lipinski definition) is 1. The highest BCUT2D eigenvalue weighted by Crippen LogP contribution is 2.12. The van der Waals surface area contributed by atoms with Gasteiger partial charge < -0.3 is 15.1 Å². The van der Waals surface area contributed by atoms with Crippen LogP contribution in [0.25, 0.3) is 0 Å². The average Bonchev–Trinajstić information content (AvgIpc) is 2.37. The highest BCUT2D eigenvalue weighted by atomic mass is 127. The molecule has 0 aromatic heterocycles. The van der Waals surface area contributed by atoms with E-state index in [0.29, 0.717) is 12.0 Å². The number of aliphatic imine (C=N–C) groups is 1. The molecule has 1 aromatic rings. The summed E-state index contributed by atoms with van der Waals surface area (Å²) >= 11 is 0. The first-order valence-corrected chi connectivity index (χ1v) is 7.12. The molecule has 0 aliphatic heterocycles. The first-order valence-electron chi connectivity index (χ1n) is 7.12. The van der Waals surface area contributed by atoms with Gasteiger partial charge in [0, 0.05) is 39.9 Å². The van der Waals surface area contributed by atoms with Gasteiger partial charge in [-0.1, -0.05) is 32.0 Å². The average molecular weight is 404 g/mol. The molecule has 4 nitrogen and oxygen atoms in total. The predicted octanol–water partition coefficient (Wildman–Crippen LogP) is 3.22. The molecule has 1 rings (SSSR count). The van der Waals surface area contributed by atoms with Gasteiger partial charge in [0.15, 0.2) is 5.96 Å². The number of anilines is 1. The quantitative estimate of drug-likeness (QED) is 0.465. The molecule has 0 spiro atoms. The van der Waals surface area contributed by atoms with Crippen molar-refractivity contribution in [2.75, 3.05) is 40.1 Å². The summed E-state index contributed by atoms with van der Waals surface area (Å²) in [5.41, 5.74) is 1.15. The highest BCUT2D eigenvalue weighted by Gasteiger charge is 2.14. The Morgan fingerprint density at radius 3 is 2.00 bits per heavy atom. The second-order valence-electron chi connectivity index (χ2n) is 5.79. The van der Waals surface area contributed by atoms with E-state index in [-0.39, 0.29) is 24.0 Å². The van der Waals surface area contributed by atoms with Gasteiger partial charge in [-0.25, -0.2) is 0 Å². The molecular weight excluding hydrogens is 375 g/mol. The zero-order chi connectivity index (χ0) is 15.1. The summed E-state index contributed by atoms with van der Waals surface area (Å²) in [4.78, 5) is 8.83. The molecule has 1 atom stereocenters. The summed E-state index contributed by atoms with van der Waals surface area (Å²) in [5.74, 6) is 1.51. The van der Waals surface area contributed by atoms with Crippen molar-refractivity contribution >= 4 is 35.6 Å². The Bertz CT molecular complexity index is 406. The Kier molecular flexibility index (Phi) is 9.41. The summed E-state index contributed by atoms with van der Waals surface area (Å²) in [6, 6.07) is 10.6. The van der Waals surface area contributed by atoms with Gasteiger partial charge in [0.1, 0.15) is 0 Å². The molecule has 0 saturated heterocycles. The third-order valence-electron chi connectivity index (χ3n) is 3.16. The van der Waals surface area contributed by atoms with Crippen molar-refractivity contribution in [2.45, 2.75) is 19.9 Å². The summed E-state index contributed by atoms with van der Waals surface area (Å²) < 4.78 is 0. The zero-order valence-electron chi connectivity index (χ0n) is 14.0. The second kappa shape index (κ2) is 9.87. The van der Waals surface area contributed by atoms with Crippen LogP contribution >= 0.6 is 24.0 Å². The molecular formula is C16H29IN4.